The standard InChI is InChI=1S/C6H10O5/c7-1-4(8)6(9)5-2-10-3-11-5/h2,4,6-9H,1,3H2. The Labute approximate surface area is 63.5 Å². The number of ether oxygens (including phenoxy) is 2. The van der Waals surface area contributed by atoms with Crippen LogP contribution >= 0.6 is 0 Å². The summed E-state index contributed by atoms with van der Waals surface area (Å²) >= 11 is 0. The SMILES string of the molecule is OCC(O)C(O)C1=COCO1. The molecule has 0 radical (unpaired) electrons. The molecule has 2 atom stereocenters. The maximum Gasteiger partial charge on any atom is 0.230 e. The van der Waals surface area contributed by atoms with Crippen LogP contribution in [0.15, 0.2) is 12.0 Å². The molecule has 0 saturated carbocycles. The monoisotopic (exact) mass is 162 g/mol. The number of aliphatic hydroxyl groups is 3. The summed E-state index contributed by atoms with van der Waals surface area (Å²) in [5.41, 5.74) is 0. The van der Waals surface area contributed by atoms with Crippen molar-refractivity contribution in [3.8, 4) is 0 Å². The zero-order valence-corrected chi connectivity index (χ0v) is 5.80. The van der Waals surface area contributed by atoms with E-state index in [9.17, 15) is 0 Å². The van der Waals surface area contributed by atoms with Gasteiger partial charge in [-0.2, -0.15) is 0 Å². The molecule has 0 bridgehead atoms. The van der Waals surface area contributed by atoms with Gasteiger partial charge in [-0.25, -0.2) is 0 Å². The molecule has 0 saturated heterocycles. The Morgan fingerprint density at radius 1 is 1.55 bits per heavy atom. The topological polar surface area (TPSA) is 79.2 Å². The van der Waals surface area contributed by atoms with E-state index >= 15 is 0 Å². The summed E-state index contributed by atoms with van der Waals surface area (Å²) in [6, 6.07) is 0. The van der Waals surface area contributed by atoms with Crippen LogP contribution in [0.3, 0.4) is 0 Å². The van der Waals surface area contributed by atoms with Gasteiger partial charge in [0.2, 0.25) is 6.79 Å². The third-order valence-electron chi connectivity index (χ3n) is 1.34. The Bertz CT molecular complexity index is 155. The lowest BCUT2D eigenvalue weighted by Crippen LogP contribution is -2.31. The summed E-state index contributed by atoms with van der Waals surface area (Å²) in [4.78, 5) is 0. The highest BCUT2D eigenvalue weighted by Crippen LogP contribution is 2.13. The van der Waals surface area contributed by atoms with Crippen LogP contribution in [0.4, 0.5) is 0 Å². The van der Waals surface area contributed by atoms with Gasteiger partial charge < -0.3 is 24.8 Å². The highest BCUT2D eigenvalue weighted by atomic mass is 16.7. The van der Waals surface area contributed by atoms with Crippen LogP contribution in [0.1, 0.15) is 0 Å². The van der Waals surface area contributed by atoms with Gasteiger partial charge in [-0.1, -0.05) is 0 Å². The zero-order valence-electron chi connectivity index (χ0n) is 5.80. The van der Waals surface area contributed by atoms with E-state index in [1.807, 2.05) is 0 Å². The minimum atomic E-state index is -1.22. The molecule has 0 aromatic carbocycles. The van der Waals surface area contributed by atoms with Crippen molar-refractivity contribution in [1.82, 2.24) is 0 Å². The van der Waals surface area contributed by atoms with Crippen molar-refractivity contribution in [2.45, 2.75) is 12.2 Å². The van der Waals surface area contributed by atoms with Gasteiger partial charge in [0.1, 0.15) is 18.5 Å². The van der Waals surface area contributed by atoms with Crippen molar-refractivity contribution in [3.63, 3.8) is 0 Å². The van der Waals surface area contributed by atoms with E-state index in [0.29, 0.717) is 0 Å². The molecule has 5 heteroatoms. The fraction of sp³-hybridized carbons (Fsp3) is 0.667. The van der Waals surface area contributed by atoms with Crippen LogP contribution in [0, 0.1) is 0 Å². The van der Waals surface area contributed by atoms with Crippen molar-refractivity contribution < 1.29 is 24.8 Å². The molecule has 0 aromatic rings. The number of aliphatic hydroxyl groups excluding tert-OH is 3. The molecule has 1 aliphatic heterocycles. The van der Waals surface area contributed by atoms with Crippen LogP contribution in [-0.4, -0.2) is 40.9 Å². The molecule has 3 N–H and O–H groups in total. The normalized spacial score (nSPS) is 21.5. The maximum absolute atomic E-state index is 9.13. The second kappa shape index (κ2) is 3.56. The predicted octanol–water partition coefficient (Wildman–Crippen LogP) is -1.45. The number of hydrogen-bond acceptors (Lipinski definition) is 5. The van der Waals surface area contributed by atoms with Crippen molar-refractivity contribution in [2.75, 3.05) is 13.4 Å². The van der Waals surface area contributed by atoms with Crippen molar-refractivity contribution in [1.29, 1.82) is 0 Å². The first-order valence-electron chi connectivity index (χ1n) is 3.17. The highest BCUT2D eigenvalue weighted by Gasteiger charge is 2.24. The minimum Gasteiger partial charge on any atom is -0.462 e. The molecule has 0 aliphatic carbocycles. The fourth-order valence-electron chi connectivity index (χ4n) is 0.697. The summed E-state index contributed by atoms with van der Waals surface area (Å²) in [5, 5.41) is 26.5. The highest BCUT2D eigenvalue weighted by molar-refractivity contribution is 5.00. The average molecular weight is 162 g/mol. The van der Waals surface area contributed by atoms with Gasteiger partial charge in [0.25, 0.3) is 0 Å². The van der Waals surface area contributed by atoms with E-state index in [1.54, 1.807) is 0 Å². The molecule has 5 nitrogen and oxygen atoms in total. The lowest BCUT2D eigenvalue weighted by molar-refractivity contribution is -0.0279. The molecule has 64 valence electrons. The third kappa shape index (κ3) is 1.83. The van der Waals surface area contributed by atoms with Gasteiger partial charge in [0, 0.05) is 0 Å². The first-order chi connectivity index (χ1) is 5.25. The third-order valence-corrected chi connectivity index (χ3v) is 1.34. The largest absolute Gasteiger partial charge is 0.462 e. The lowest BCUT2D eigenvalue weighted by Gasteiger charge is -2.14. The van der Waals surface area contributed by atoms with Crippen molar-refractivity contribution in [3.05, 3.63) is 12.0 Å². The molecule has 2 unspecified atom stereocenters. The Hall–Kier alpha value is -0.780. The molecular formula is C6H10O5. The van der Waals surface area contributed by atoms with Crippen LogP contribution in [-0.2, 0) is 9.47 Å². The summed E-state index contributed by atoms with van der Waals surface area (Å²) < 4.78 is 9.39. The molecule has 0 amide bonds. The van der Waals surface area contributed by atoms with E-state index in [1.165, 1.54) is 6.26 Å². The number of hydrogen-bond donors (Lipinski definition) is 3. The van der Waals surface area contributed by atoms with Gasteiger partial charge in [-0.3, -0.25) is 0 Å². The fourth-order valence-corrected chi connectivity index (χ4v) is 0.697. The first-order valence-corrected chi connectivity index (χ1v) is 3.17. The maximum atomic E-state index is 9.13. The summed E-state index contributed by atoms with van der Waals surface area (Å²) in [6.07, 6.45) is -1.21. The van der Waals surface area contributed by atoms with Gasteiger partial charge in [-0.05, 0) is 0 Å². The van der Waals surface area contributed by atoms with E-state index < -0.39 is 18.8 Å². The Balaban J connectivity index is 2.45. The molecule has 1 rings (SSSR count). The Morgan fingerprint density at radius 2 is 2.27 bits per heavy atom. The van der Waals surface area contributed by atoms with E-state index in [-0.39, 0.29) is 12.6 Å². The molecule has 0 aromatic heterocycles. The average Bonchev–Trinajstić information content (AvgIpc) is 2.53. The van der Waals surface area contributed by atoms with Gasteiger partial charge in [0.15, 0.2) is 5.76 Å². The van der Waals surface area contributed by atoms with Crippen LogP contribution in [0.5, 0.6) is 0 Å². The lowest BCUT2D eigenvalue weighted by atomic mass is 10.2. The molecular weight excluding hydrogens is 152 g/mol. The van der Waals surface area contributed by atoms with E-state index in [2.05, 4.69) is 4.74 Å². The summed E-state index contributed by atoms with van der Waals surface area (Å²) in [7, 11) is 0. The minimum absolute atomic E-state index is 0.0462. The molecule has 0 fully saturated rings. The van der Waals surface area contributed by atoms with Crippen molar-refractivity contribution in [2.24, 2.45) is 0 Å². The smallest absolute Gasteiger partial charge is 0.230 e. The van der Waals surface area contributed by atoms with Crippen molar-refractivity contribution >= 4 is 0 Å². The zero-order chi connectivity index (χ0) is 8.27. The molecule has 1 heterocycles. The quantitative estimate of drug-likeness (QED) is 0.473. The van der Waals surface area contributed by atoms with Crippen LogP contribution in [0.25, 0.3) is 0 Å². The van der Waals surface area contributed by atoms with Gasteiger partial charge in [-0.15, -0.1) is 0 Å². The van der Waals surface area contributed by atoms with Gasteiger partial charge in [0.05, 0.1) is 6.61 Å². The van der Waals surface area contributed by atoms with Gasteiger partial charge >= 0.3 is 0 Å². The predicted molar refractivity (Wildman–Crippen MR) is 34.2 cm³/mol. The van der Waals surface area contributed by atoms with Crippen LogP contribution < -0.4 is 0 Å². The summed E-state index contributed by atoms with van der Waals surface area (Å²) in [6.45, 7) is -0.466. The summed E-state index contributed by atoms with van der Waals surface area (Å²) in [5.74, 6) is 0.145. The molecule has 11 heavy (non-hydrogen) atoms. The van der Waals surface area contributed by atoms with E-state index in [4.69, 9.17) is 20.1 Å². The second-order valence-electron chi connectivity index (χ2n) is 2.14. The van der Waals surface area contributed by atoms with Crippen LogP contribution in [0.2, 0.25) is 0 Å². The molecule has 0 spiro atoms. The first kappa shape index (κ1) is 8.32. The number of rotatable bonds is 3. The Morgan fingerprint density at radius 3 is 2.73 bits per heavy atom. The second-order valence-corrected chi connectivity index (χ2v) is 2.14. The Kier molecular flexibility index (Phi) is 2.70. The molecule has 1 aliphatic rings. The van der Waals surface area contributed by atoms with E-state index in [0.717, 1.165) is 0 Å².